The van der Waals surface area contributed by atoms with Crippen LogP contribution in [0.15, 0.2) is 65.7 Å². The summed E-state index contributed by atoms with van der Waals surface area (Å²) in [7, 11) is -3.92. The first kappa shape index (κ1) is 30.7. The second-order valence-electron chi connectivity index (χ2n) is 10.3. The highest BCUT2D eigenvalue weighted by molar-refractivity contribution is 7.89. The van der Waals surface area contributed by atoms with Crippen molar-refractivity contribution < 1.29 is 17.9 Å². The summed E-state index contributed by atoms with van der Waals surface area (Å²) >= 11 is 0. The van der Waals surface area contributed by atoms with Crippen molar-refractivity contribution in [2.75, 3.05) is 20.3 Å². The van der Waals surface area contributed by atoms with Gasteiger partial charge in [0.1, 0.15) is 20.4 Å². The summed E-state index contributed by atoms with van der Waals surface area (Å²) in [6.45, 7) is 16.5. The Bertz CT molecular complexity index is 1150. The minimum atomic E-state index is -3.74. The number of nitrogens with zero attached hydrogens (tertiary/aromatic N) is 1. The fourth-order valence-corrected chi connectivity index (χ4v) is 11.5. The molecule has 0 radical (unpaired) electrons. The molecule has 0 aliphatic heterocycles. The number of aryl methyl sites for hydroxylation is 1. The van der Waals surface area contributed by atoms with Crippen LogP contribution >= 0.6 is 0 Å². The van der Waals surface area contributed by atoms with Crippen LogP contribution in [0, 0.1) is 18.4 Å². The van der Waals surface area contributed by atoms with Crippen LogP contribution in [0.25, 0.3) is 0 Å². The van der Waals surface area contributed by atoms with E-state index in [0.717, 1.165) is 16.9 Å². The lowest BCUT2D eigenvalue weighted by molar-refractivity contribution is 0.198. The average Bonchev–Trinajstić information content (AvgIpc) is 2.84. The smallest absolute Gasteiger partial charge is 0.264 e. The van der Waals surface area contributed by atoms with Gasteiger partial charge in [-0.3, -0.25) is 4.31 Å². The number of sulfonamides is 1. The third-order valence-corrected chi connectivity index (χ3v) is 15.0. The molecule has 0 saturated carbocycles. The maximum absolute atomic E-state index is 13.4. The Morgan fingerprint density at radius 1 is 0.919 bits per heavy atom. The highest BCUT2D eigenvalue weighted by Crippen LogP contribution is 2.40. The van der Waals surface area contributed by atoms with Crippen molar-refractivity contribution in [1.29, 1.82) is 0 Å². The lowest BCUT2D eigenvalue weighted by atomic mass is 10.2. The van der Waals surface area contributed by atoms with Gasteiger partial charge in [0.05, 0.1) is 25.2 Å². The van der Waals surface area contributed by atoms with Crippen molar-refractivity contribution in [3.05, 3.63) is 71.9 Å². The van der Waals surface area contributed by atoms with Gasteiger partial charge < -0.3 is 9.47 Å². The lowest BCUT2D eigenvalue weighted by Gasteiger charge is -2.38. The first-order chi connectivity index (χ1) is 17.4. The highest BCUT2D eigenvalue weighted by atomic mass is 32.2. The number of hydrogen-bond donors (Lipinski definition) is 0. The number of rotatable bonds is 12. The molecule has 0 amide bonds. The van der Waals surface area contributed by atoms with E-state index in [4.69, 9.17) is 9.47 Å². The molecule has 202 valence electrons. The molecule has 2 aromatic carbocycles. The van der Waals surface area contributed by atoms with E-state index in [0.29, 0.717) is 23.2 Å². The Kier molecular flexibility index (Phi) is 11.5. The molecule has 0 fully saturated rings. The van der Waals surface area contributed by atoms with Crippen molar-refractivity contribution in [2.24, 2.45) is 0 Å². The number of ether oxygens (including phenoxy) is 2. The molecule has 0 N–H and O–H groups in total. The fraction of sp³-hybridized carbons (Fsp3) is 0.467. The third-order valence-electron chi connectivity index (χ3n) is 6.96. The molecule has 0 aromatic heterocycles. The zero-order chi connectivity index (χ0) is 27.6. The number of methoxy groups -OCH3 is 1. The summed E-state index contributed by atoms with van der Waals surface area (Å²) in [6, 6.07) is 14.3. The maximum atomic E-state index is 13.4. The van der Waals surface area contributed by atoms with Crippen molar-refractivity contribution in [1.82, 2.24) is 4.31 Å². The van der Waals surface area contributed by atoms with Gasteiger partial charge in [0, 0.05) is 6.20 Å². The van der Waals surface area contributed by atoms with Gasteiger partial charge in [-0.15, -0.1) is 5.54 Å². The van der Waals surface area contributed by atoms with Crippen LogP contribution in [0.4, 0.5) is 0 Å². The number of hydrogen-bond acceptors (Lipinski definition) is 4. The highest BCUT2D eigenvalue weighted by Gasteiger charge is 2.41. The minimum absolute atomic E-state index is 0.196. The predicted octanol–water partition coefficient (Wildman–Crippen LogP) is 6.95. The molecule has 0 saturated heterocycles. The monoisotopic (exact) mass is 541 g/mol. The lowest BCUT2D eigenvalue weighted by Crippen LogP contribution is -2.43. The maximum Gasteiger partial charge on any atom is 0.264 e. The molecular formula is C30H43NO4SSi. The third kappa shape index (κ3) is 7.97. The van der Waals surface area contributed by atoms with Gasteiger partial charge in [0.15, 0.2) is 0 Å². The Hall–Kier alpha value is -2.53. The van der Waals surface area contributed by atoms with E-state index in [-0.39, 0.29) is 18.0 Å². The van der Waals surface area contributed by atoms with Crippen LogP contribution in [-0.2, 0) is 21.3 Å². The first-order valence-corrected chi connectivity index (χ1v) is 16.6. The molecule has 2 rings (SSSR count). The summed E-state index contributed by atoms with van der Waals surface area (Å²) in [4.78, 5) is 0.250. The van der Waals surface area contributed by atoms with Crippen LogP contribution in [0.5, 0.6) is 5.75 Å². The van der Waals surface area contributed by atoms with Gasteiger partial charge in [-0.25, -0.2) is 8.42 Å². The summed E-state index contributed by atoms with van der Waals surface area (Å²) in [5, 5.41) is 0. The Morgan fingerprint density at radius 3 is 2.00 bits per heavy atom. The van der Waals surface area contributed by atoms with Crippen molar-refractivity contribution in [3.8, 4) is 17.2 Å². The molecular weight excluding hydrogens is 498 g/mol. The second kappa shape index (κ2) is 13.9. The molecule has 0 heterocycles. The van der Waals surface area contributed by atoms with E-state index in [9.17, 15) is 8.42 Å². The van der Waals surface area contributed by atoms with Crippen LogP contribution < -0.4 is 4.74 Å². The van der Waals surface area contributed by atoms with Gasteiger partial charge >= 0.3 is 0 Å². The average molecular weight is 542 g/mol. The SMILES string of the molecule is COc1ccc(CN(/C=C/COCC#C[Si](C(C)C)(C(C)C)C(C)C)S(=O)(=O)c2ccc(C)cc2)cc1. The van der Waals surface area contributed by atoms with Crippen molar-refractivity contribution in [3.63, 3.8) is 0 Å². The molecule has 5 nitrogen and oxygen atoms in total. The summed E-state index contributed by atoms with van der Waals surface area (Å²) in [6.07, 6.45) is 3.32. The van der Waals surface area contributed by atoms with Gasteiger partial charge in [0.25, 0.3) is 10.0 Å². The van der Waals surface area contributed by atoms with E-state index in [1.807, 2.05) is 31.2 Å². The topological polar surface area (TPSA) is 55.8 Å². The molecule has 2 aromatic rings. The Labute approximate surface area is 225 Å². The first-order valence-electron chi connectivity index (χ1n) is 12.9. The van der Waals surface area contributed by atoms with Crippen molar-refractivity contribution in [2.45, 2.75) is 76.5 Å². The molecule has 0 unspecified atom stereocenters. The number of benzene rings is 2. The van der Waals surface area contributed by atoms with Crippen molar-refractivity contribution >= 4 is 18.1 Å². The fourth-order valence-electron chi connectivity index (χ4n) is 4.94. The van der Waals surface area contributed by atoms with E-state index in [1.54, 1.807) is 43.7 Å². The predicted molar refractivity (Wildman–Crippen MR) is 156 cm³/mol. The van der Waals surface area contributed by atoms with Crippen LogP contribution in [0.2, 0.25) is 16.6 Å². The van der Waals surface area contributed by atoms with Crippen LogP contribution in [0.3, 0.4) is 0 Å². The summed E-state index contributed by atoms with van der Waals surface area (Å²) in [5.41, 5.74) is 7.21. The minimum Gasteiger partial charge on any atom is -0.497 e. The second-order valence-corrected chi connectivity index (χ2v) is 17.8. The van der Waals surface area contributed by atoms with Gasteiger partial charge in [0.2, 0.25) is 0 Å². The molecule has 0 spiro atoms. The summed E-state index contributed by atoms with van der Waals surface area (Å²) < 4.78 is 39.2. The summed E-state index contributed by atoms with van der Waals surface area (Å²) in [5.74, 6) is 4.01. The largest absolute Gasteiger partial charge is 0.497 e. The quantitative estimate of drug-likeness (QED) is 0.166. The molecule has 37 heavy (non-hydrogen) atoms. The molecule has 0 aliphatic rings. The molecule has 0 aliphatic carbocycles. The molecule has 7 heteroatoms. The van der Waals surface area contributed by atoms with E-state index < -0.39 is 18.1 Å². The van der Waals surface area contributed by atoms with E-state index in [1.165, 1.54) is 4.31 Å². The zero-order valence-corrected chi connectivity index (χ0v) is 25.4. The van der Waals surface area contributed by atoms with Gasteiger partial charge in [-0.05, 0) is 59.5 Å². The van der Waals surface area contributed by atoms with E-state index >= 15 is 0 Å². The zero-order valence-electron chi connectivity index (χ0n) is 23.6. The molecule has 0 bridgehead atoms. The van der Waals surface area contributed by atoms with Crippen LogP contribution in [0.1, 0.15) is 52.7 Å². The molecule has 0 atom stereocenters. The van der Waals surface area contributed by atoms with Gasteiger partial charge in [-0.2, -0.15) is 0 Å². The normalized spacial score (nSPS) is 12.3. The van der Waals surface area contributed by atoms with Crippen LogP contribution in [-0.4, -0.2) is 41.1 Å². The Morgan fingerprint density at radius 2 is 1.49 bits per heavy atom. The Balaban J connectivity index is 2.16. The van der Waals surface area contributed by atoms with Gasteiger partial charge in [-0.1, -0.05) is 77.3 Å². The standard InChI is InChI=1S/C30H43NO4SSi/c1-24(2)37(25(3)4,26(5)6)22-10-21-35-20-9-19-31(23-28-13-15-29(34-8)16-14-28)36(32,33)30-17-11-27(7)12-18-30/h9,11-19,24-26H,20-21,23H2,1-8H3/b19-9+. The van der Waals surface area contributed by atoms with E-state index in [2.05, 4.69) is 53.0 Å².